The molecule has 0 aliphatic carbocycles. The predicted octanol–water partition coefficient (Wildman–Crippen LogP) is 0.653. The van der Waals surface area contributed by atoms with E-state index in [1.54, 1.807) is 12.1 Å². The second-order valence-electron chi connectivity index (χ2n) is 3.97. The number of aryl methyl sites for hydroxylation is 1. The van der Waals surface area contributed by atoms with E-state index in [0.29, 0.717) is 6.08 Å². The Morgan fingerprint density at radius 1 is 1.20 bits per heavy atom. The number of hydrogen-bond acceptors (Lipinski definition) is 5. The van der Waals surface area contributed by atoms with Gasteiger partial charge < -0.3 is 9.84 Å². The molecule has 20 heavy (non-hydrogen) atoms. The van der Waals surface area contributed by atoms with Crippen LogP contribution in [0.1, 0.15) is 5.56 Å². The summed E-state index contributed by atoms with van der Waals surface area (Å²) in [5.74, 6) is -2.55. The molecule has 8 heteroatoms. The van der Waals surface area contributed by atoms with E-state index in [1.165, 1.54) is 12.1 Å². The zero-order valence-corrected chi connectivity index (χ0v) is 11.0. The van der Waals surface area contributed by atoms with E-state index >= 15 is 0 Å². The third-order valence-corrected chi connectivity index (χ3v) is 3.69. The molecule has 0 saturated heterocycles. The molecule has 0 amide bonds. The van der Waals surface area contributed by atoms with Crippen LogP contribution in [0.5, 0.6) is 5.75 Å². The average Bonchev–Trinajstić information content (AvgIpc) is 2.68. The summed E-state index contributed by atoms with van der Waals surface area (Å²) >= 11 is 0. The van der Waals surface area contributed by atoms with Crippen molar-refractivity contribution >= 4 is 27.7 Å². The van der Waals surface area contributed by atoms with Crippen molar-refractivity contribution < 1.29 is 27.9 Å². The zero-order chi connectivity index (χ0) is 14.9. The van der Waals surface area contributed by atoms with Gasteiger partial charge in [0.1, 0.15) is 5.75 Å². The Balaban J connectivity index is 2.25. The van der Waals surface area contributed by atoms with Crippen molar-refractivity contribution in [1.29, 1.82) is 0 Å². The van der Waals surface area contributed by atoms with Crippen LogP contribution >= 0.6 is 0 Å². The Morgan fingerprint density at radius 3 is 2.30 bits per heavy atom. The van der Waals surface area contributed by atoms with Gasteiger partial charge in [-0.05, 0) is 19.1 Å². The number of rotatable bonds is 3. The number of benzene rings is 1. The van der Waals surface area contributed by atoms with E-state index in [2.05, 4.69) is 4.40 Å². The summed E-state index contributed by atoms with van der Waals surface area (Å²) < 4.78 is 30.9. The van der Waals surface area contributed by atoms with Gasteiger partial charge in [-0.3, -0.25) is 0 Å². The van der Waals surface area contributed by atoms with Crippen molar-refractivity contribution in [3.63, 3.8) is 0 Å². The molecule has 0 spiro atoms. The summed E-state index contributed by atoms with van der Waals surface area (Å²) in [7, 11) is -4.32. The number of carbonyl (C=O) groups is 2. The van der Waals surface area contributed by atoms with Gasteiger partial charge in [-0.25, -0.2) is 9.59 Å². The van der Waals surface area contributed by atoms with Gasteiger partial charge in [-0.2, -0.15) is 12.8 Å². The Morgan fingerprint density at radius 2 is 1.80 bits per heavy atom. The highest BCUT2D eigenvalue weighted by Gasteiger charge is 2.34. The fourth-order valence-corrected chi connectivity index (χ4v) is 2.43. The van der Waals surface area contributed by atoms with Crippen LogP contribution in [0.15, 0.2) is 39.6 Å². The number of hydrogen-bond donors (Lipinski definition) is 1. The van der Waals surface area contributed by atoms with Crippen LogP contribution in [0.4, 0.5) is 0 Å². The lowest BCUT2D eigenvalue weighted by Crippen LogP contribution is -2.15. The normalized spacial score (nSPS) is 16.2. The van der Waals surface area contributed by atoms with Gasteiger partial charge in [-0.1, -0.05) is 17.7 Å². The molecule has 1 aliphatic rings. The Hall–Kier alpha value is -2.48. The molecule has 1 aromatic carbocycles. The number of ether oxygens (including phenoxy) is 1. The number of carboxylic acid groups (broad SMARTS) is 1. The molecule has 1 aliphatic heterocycles. The summed E-state index contributed by atoms with van der Waals surface area (Å²) in [6.45, 7) is 1.84. The Bertz CT molecular complexity index is 743. The number of carbonyl (C=O) groups excluding carboxylic acids is 1. The summed E-state index contributed by atoms with van der Waals surface area (Å²) in [5, 5.41) is 8.67. The first-order valence-electron chi connectivity index (χ1n) is 5.38. The second kappa shape index (κ2) is 4.89. The maximum atomic E-state index is 11.7. The summed E-state index contributed by atoms with van der Waals surface area (Å²) in [6, 6.07) is 6.35. The summed E-state index contributed by atoms with van der Waals surface area (Å²) in [6.07, 6.45) is 0.675. The minimum Gasteiger partial charge on any atom is -0.476 e. The molecule has 0 saturated carbocycles. The summed E-state index contributed by atoms with van der Waals surface area (Å²) in [5.41, 5.74) is 0.217. The number of aliphatic carboxylic acids is 1. The first-order chi connectivity index (χ1) is 9.29. The van der Waals surface area contributed by atoms with Crippen molar-refractivity contribution in [1.82, 2.24) is 0 Å². The summed E-state index contributed by atoms with van der Waals surface area (Å²) in [4.78, 5) is 21.6. The molecule has 2 rings (SSSR count). The van der Waals surface area contributed by atoms with Gasteiger partial charge in [0, 0.05) is 6.08 Å². The number of nitrogens with zero attached hydrogens (tertiary/aromatic N) is 1. The molecular formula is C12H9NO6S. The van der Waals surface area contributed by atoms with Crippen LogP contribution in [0.3, 0.4) is 0 Å². The molecular weight excluding hydrogens is 286 g/mol. The molecule has 0 atom stereocenters. The fraction of sp³-hybridized carbons (Fsp3) is 0.0833. The molecule has 0 bridgehead atoms. The minimum atomic E-state index is -4.32. The van der Waals surface area contributed by atoms with E-state index in [0.717, 1.165) is 5.56 Å². The molecule has 0 unspecified atom stereocenters. The monoisotopic (exact) mass is 295 g/mol. The van der Waals surface area contributed by atoms with Crippen LogP contribution in [0.2, 0.25) is 0 Å². The maximum Gasteiger partial charge on any atom is 0.357 e. The van der Waals surface area contributed by atoms with Gasteiger partial charge in [0.25, 0.3) is 10.0 Å². The molecule has 7 nitrogen and oxygen atoms in total. The van der Waals surface area contributed by atoms with E-state index in [4.69, 9.17) is 9.84 Å². The third kappa shape index (κ3) is 2.75. The van der Waals surface area contributed by atoms with Crippen LogP contribution in [-0.4, -0.2) is 31.2 Å². The van der Waals surface area contributed by atoms with Crippen LogP contribution in [0, 0.1) is 6.92 Å². The first kappa shape index (κ1) is 13.9. The molecule has 0 radical (unpaired) electrons. The van der Waals surface area contributed by atoms with Crippen molar-refractivity contribution in [2.75, 3.05) is 0 Å². The van der Waals surface area contributed by atoms with Crippen molar-refractivity contribution in [3.05, 3.63) is 40.8 Å². The topological polar surface area (TPSA) is 110 Å². The highest BCUT2D eigenvalue weighted by atomic mass is 32.2. The Labute approximate surface area is 114 Å². The Kier molecular flexibility index (Phi) is 3.41. The van der Waals surface area contributed by atoms with Gasteiger partial charge in [-0.15, -0.1) is 0 Å². The van der Waals surface area contributed by atoms with E-state index < -0.39 is 32.6 Å². The first-order valence-corrected chi connectivity index (χ1v) is 6.82. The van der Waals surface area contributed by atoms with Crippen LogP contribution in [-0.2, 0) is 19.6 Å². The van der Waals surface area contributed by atoms with Crippen molar-refractivity contribution in [2.24, 2.45) is 4.40 Å². The largest absolute Gasteiger partial charge is 0.476 e. The molecule has 1 N–H and O–H groups in total. The standard InChI is InChI=1S/C12H9NO6S/c1-7-2-4-8(5-3-7)19-12(16)10-6-9(11(14)15)13-20(10,17)18/h2-6H,1H3,(H,14,15). The van der Waals surface area contributed by atoms with Gasteiger partial charge in [0.15, 0.2) is 10.6 Å². The van der Waals surface area contributed by atoms with Gasteiger partial charge in [0.05, 0.1) is 0 Å². The molecule has 1 heterocycles. The van der Waals surface area contributed by atoms with Crippen molar-refractivity contribution in [2.45, 2.75) is 6.92 Å². The molecule has 0 fully saturated rings. The molecule has 0 aromatic heterocycles. The lowest BCUT2D eigenvalue weighted by atomic mass is 10.2. The van der Waals surface area contributed by atoms with E-state index in [9.17, 15) is 18.0 Å². The minimum absolute atomic E-state index is 0.153. The highest BCUT2D eigenvalue weighted by molar-refractivity contribution is 7.95. The highest BCUT2D eigenvalue weighted by Crippen LogP contribution is 2.20. The smallest absolute Gasteiger partial charge is 0.357 e. The lowest BCUT2D eigenvalue weighted by molar-refractivity contribution is -0.130. The van der Waals surface area contributed by atoms with E-state index in [1.807, 2.05) is 6.92 Å². The predicted molar refractivity (Wildman–Crippen MR) is 68.9 cm³/mol. The maximum absolute atomic E-state index is 11.7. The molecule has 1 aromatic rings. The number of carboxylic acids is 1. The lowest BCUT2D eigenvalue weighted by Gasteiger charge is -2.04. The quantitative estimate of drug-likeness (QED) is 0.647. The van der Waals surface area contributed by atoms with Crippen LogP contribution < -0.4 is 4.74 Å². The second-order valence-corrected chi connectivity index (χ2v) is 5.54. The number of sulfonamides is 1. The van der Waals surface area contributed by atoms with Gasteiger partial charge in [0.2, 0.25) is 0 Å². The van der Waals surface area contributed by atoms with Crippen molar-refractivity contribution in [3.8, 4) is 5.75 Å². The SMILES string of the molecule is Cc1ccc(OC(=O)C2=CC(C(=O)O)=NS2(=O)=O)cc1. The fourth-order valence-electron chi connectivity index (χ4n) is 1.43. The van der Waals surface area contributed by atoms with E-state index in [-0.39, 0.29) is 5.75 Å². The third-order valence-electron chi connectivity index (χ3n) is 2.42. The molecule has 104 valence electrons. The number of esters is 1. The van der Waals surface area contributed by atoms with Crippen LogP contribution in [0.25, 0.3) is 0 Å². The van der Waals surface area contributed by atoms with Gasteiger partial charge >= 0.3 is 11.9 Å². The average molecular weight is 295 g/mol. The zero-order valence-electron chi connectivity index (χ0n) is 10.2.